The van der Waals surface area contributed by atoms with Crippen LogP contribution in [0.3, 0.4) is 0 Å². The molecule has 0 radical (unpaired) electrons. The summed E-state index contributed by atoms with van der Waals surface area (Å²) >= 11 is 0. The summed E-state index contributed by atoms with van der Waals surface area (Å²) < 4.78 is 11.8. The van der Waals surface area contributed by atoms with E-state index in [4.69, 9.17) is 8.83 Å². The Bertz CT molecular complexity index is 1330. The molecule has 0 atom stereocenters. The second-order valence-corrected chi connectivity index (χ2v) is 6.48. The number of fused-ring (bicyclic) bond motifs is 6. The van der Waals surface area contributed by atoms with Crippen molar-refractivity contribution >= 4 is 44.0 Å². The molecule has 0 saturated heterocycles. The lowest BCUT2D eigenvalue weighted by Gasteiger charge is -2.01. The third-order valence-electron chi connectivity index (χ3n) is 4.95. The first-order valence-electron chi connectivity index (χ1n) is 8.56. The molecule has 3 aromatic carbocycles. The largest absolute Gasteiger partial charge is 0.456 e. The lowest BCUT2D eigenvalue weighted by Crippen LogP contribution is -1.81. The maximum atomic E-state index is 5.93. The smallest absolute Gasteiger partial charge is 0.227 e. The Morgan fingerprint density at radius 3 is 2.04 bits per heavy atom. The number of para-hydroxylation sites is 2. The zero-order valence-electron chi connectivity index (χ0n) is 13.8. The van der Waals surface area contributed by atoms with E-state index in [1.807, 2.05) is 48.7 Å². The Kier molecular flexibility index (Phi) is 2.61. The predicted octanol–water partition coefficient (Wildman–Crippen LogP) is 6.55. The van der Waals surface area contributed by atoms with E-state index in [-0.39, 0.29) is 0 Å². The normalized spacial score (nSPS) is 11.8. The van der Waals surface area contributed by atoms with Crippen molar-refractivity contribution in [3.8, 4) is 11.1 Å². The fourth-order valence-corrected chi connectivity index (χ4v) is 3.67. The molecule has 3 heterocycles. The van der Waals surface area contributed by atoms with Gasteiger partial charge in [0.15, 0.2) is 0 Å². The van der Waals surface area contributed by atoms with E-state index in [9.17, 15) is 0 Å². The van der Waals surface area contributed by atoms with Gasteiger partial charge < -0.3 is 8.83 Å². The Morgan fingerprint density at radius 1 is 0.538 bits per heavy atom. The first kappa shape index (κ1) is 13.7. The van der Waals surface area contributed by atoms with Crippen LogP contribution in [0.4, 0.5) is 0 Å². The Morgan fingerprint density at radius 2 is 1.19 bits per heavy atom. The molecule has 0 aliphatic rings. The third-order valence-corrected chi connectivity index (χ3v) is 4.95. The average molecular weight is 335 g/mol. The van der Waals surface area contributed by atoms with Crippen molar-refractivity contribution in [2.24, 2.45) is 0 Å². The zero-order valence-corrected chi connectivity index (χ0v) is 13.8. The summed E-state index contributed by atoms with van der Waals surface area (Å²) in [6.07, 6.45) is 1.87. The van der Waals surface area contributed by atoms with Gasteiger partial charge in [-0.25, -0.2) is 4.98 Å². The minimum atomic E-state index is 0.671. The van der Waals surface area contributed by atoms with Crippen LogP contribution in [-0.2, 0) is 0 Å². The molecule has 0 aliphatic carbocycles. The fraction of sp³-hybridized carbons (Fsp3) is 0. The van der Waals surface area contributed by atoms with Gasteiger partial charge in [-0.15, -0.1) is 0 Å². The number of hydrogen-bond acceptors (Lipinski definition) is 3. The molecule has 26 heavy (non-hydrogen) atoms. The van der Waals surface area contributed by atoms with Crippen LogP contribution in [0, 0.1) is 0 Å². The zero-order chi connectivity index (χ0) is 17.1. The SMILES string of the molecule is c1ccc2c(c1)oc1ccc(-c3cnc4oc5ccccc5c4c3)cc12. The monoisotopic (exact) mass is 335 g/mol. The molecule has 0 aliphatic heterocycles. The topological polar surface area (TPSA) is 39.2 Å². The Hall–Kier alpha value is -3.59. The van der Waals surface area contributed by atoms with Crippen LogP contribution in [0.2, 0.25) is 0 Å². The van der Waals surface area contributed by atoms with Gasteiger partial charge in [0.05, 0.1) is 0 Å². The first-order valence-corrected chi connectivity index (χ1v) is 8.56. The molecular weight excluding hydrogens is 322 g/mol. The number of aromatic nitrogens is 1. The van der Waals surface area contributed by atoms with Crippen LogP contribution < -0.4 is 0 Å². The Labute approximate surface area is 148 Å². The van der Waals surface area contributed by atoms with Crippen molar-refractivity contribution in [3.63, 3.8) is 0 Å². The molecular formula is C23H13NO2. The van der Waals surface area contributed by atoms with Crippen LogP contribution in [0.5, 0.6) is 0 Å². The van der Waals surface area contributed by atoms with Crippen molar-refractivity contribution in [2.75, 3.05) is 0 Å². The highest BCUT2D eigenvalue weighted by Gasteiger charge is 2.11. The van der Waals surface area contributed by atoms with Gasteiger partial charge in [-0.2, -0.15) is 0 Å². The number of pyridine rings is 1. The van der Waals surface area contributed by atoms with Gasteiger partial charge in [0.2, 0.25) is 5.71 Å². The number of nitrogens with zero attached hydrogens (tertiary/aromatic N) is 1. The van der Waals surface area contributed by atoms with E-state index in [1.165, 1.54) is 0 Å². The van der Waals surface area contributed by atoms with E-state index < -0.39 is 0 Å². The summed E-state index contributed by atoms with van der Waals surface area (Å²) in [7, 11) is 0. The van der Waals surface area contributed by atoms with Gasteiger partial charge in [0.1, 0.15) is 16.7 Å². The molecule has 3 nitrogen and oxygen atoms in total. The second-order valence-electron chi connectivity index (χ2n) is 6.48. The highest BCUT2D eigenvalue weighted by molar-refractivity contribution is 6.07. The molecule has 3 aromatic heterocycles. The summed E-state index contributed by atoms with van der Waals surface area (Å²) in [5, 5.41) is 4.38. The number of furan rings is 2. The van der Waals surface area contributed by atoms with E-state index in [0.29, 0.717) is 5.71 Å². The van der Waals surface area contributed by atoms with Crippen molar-refractivity contribution in [1.82, 2.24) is 4.98 Å². The molecule has 0 N–H and O–H groups in total. The van der Waals surface area contributed by atoms with Crippen LogP contribution in [0.25, 0.3) is 55.1 Å². The molecule has 3 heteroatoms. The van der Waals surface area contributed by atoms with E-state index >= 15 is 0 Å². The van der Waals surface area contributed by atoms with Gasteiger partial charge in [0.25, 0.3) is 0 Å². The molecule has 0 spiro atoms. The molecule has 0 unspecified atom stereocenters. The van der Waals surface area contributed by atoms with Gasteiger partial charge in [-0.1, -0.05) is 42.5 Å². The fourth-order valence-electron chi connectivity index (χ4n) is 3.67. The predicted molar refractivity (Wildman–Crippen MR) is 104 cm³/mol. The van der Waals surface area contributed by atoms with E-state index in [1.54, 1.807) is 0 Å². The molecule has 6 aromatic rings. The van der Waals surface area contributed by atoms with Crippen molar-refractivity contribution in [2.45, 2.75) is 0 Å². The van der Waals surface area contributed by atoms with Gasteiger partial charge in [-0.05, 0) is 35.9 Å². The second kappa shape index (κ2) is 4.96. The highest BCUT2D eigenvalue weighted by Crippen LogP contribution is 2.34. The van der Waals surface area contributed by atoms with Crippen LogP contribution in [0.1, 0.15) is 0 Å². The Balaban J connectivity index is 1.61. The van der Waals surface area contributed by atoms with Crippen LogP contribution in [-0.4, -0.2) is 4.98 Å². The van der Waals surface area contributed by atoms with Crippen LogP contribution >= 0.6 is 0 Å². The quantitative estimate of drug-likeness (QED) is 0.342. The molecule has 122 valence electrons. The third kappa shape index (κ3) is 1.85. The van der Waals surface area contributed by atoms with Crippen molar-refractivity contribution < 1.29 is 8.83 Å². The lowest BCUT2D eigenvalue weighted by atomic mass is 10.0. The van der Waals surface area contributed by atoms with Gasteiger partial charge in [-0.3, -0.25) is 0 Å². The average Bonchev–Trinajstić information content (AvgIpc) is 3.25. The maximum absolute atomic E-state index is 5.93. The number of rotatable bonds is 1. The minimum absolute atomic E-state index is 0.671. The molecule has 0 bridgehead atoms. The first-order chi connectivity index (χ1) is 12.9. The summed E-state index contributed by atoms with van der Waals surface area (Å²) in [5.41, 5.74) is 5.53. The summed E-state index contributed by atoms with van der Waals surface area (Å²) in [5.74, 6) is 0. The number of benzene rings is 3. The summed E-state index contributed by atoms with van der Waals surface area (Å²) in [4.78, 5) is 4.53. The van der Waals surface area contributed by atoms with Gasteiger partial charge >= 0.3 is 0 Å². The number of hydrogen-bond donors (Lipinski definition) is 0. The maximum Gasteiger partial charge on any atom is 0.227 e. The minimum Gasteiger partial charge on any atom is -0.456 e. The lowest BCUT2D eigenvalue weighted by molar-refractivity contribution is 0.654. The van der Waals surface area contributed by atoms with E-state index in [2.05, 4.69) is 35.3 Å². The van der Waals surface area contributed by atoms with Crippen molar-refractivity contribution in [3.05, 3.63) is 79.0 Å². The van der Waals surface area contributed by atoms with Crippen LogP contribution in [0.15, 0.2) is 87.8 Å². The summed E-state index contributed by atoms with van der Waals surface area (Å²) in [6, 6.07) is 24.6. The standard InChI is InChI=1S/C23H13NO2/c1-3-7-20-16(5-1)18-11-14(9-10-22(18)25-20)15-12-19-17-6-2-4-8-21(17)26-23(19)24-13-15/h1-13H. The van der Waals surface area contributed by atoms with Gasteiger partial charge in [0, 0.05) is 33.3 Å². The van der Waals surface area contributed by atoms with Crippen molar-refractivity contribution in [1.29, 1.82) is 0 Å². The molecule has 0 fully saturated rings. The van der Waals surface area contributed by atoms with E-state index in [0.717, 1.165) is 49.4 Å². The molecule has 0 amide bonds. The highest BCUT2D eigenvalue weighted by atomic mass is 16.3. The molecule has 0 saturated carbocycles. The summed E-state index contributed by atoms with van der Waals surface area (Å²) in [6.45, 7) is 0. The molecule has 6 rings (SSSR count).